The van der Waals surface area contributed by atoms with Crippen LogP contribution in [-0.4, -0.2) is 66.8 Å². The second-order valence-corrected chi connectivity index (χ2v) is 6.44. The van der Waals surface area contributed by atoms with Gasteiger partial charge < -0.3 is 14.2 Å². The molecule has 0 unspecified atom stereocenters. The van der Waals surface area contributed by atoms with Crippen molar-refractivity contribution in [3.63, 3.8) is 0 Å². The molecule has 2 saturated heterocycles. The van der Waals surface area contributed by atoms with E-state index in [4.69, 9.17) is 9.26 Å². The maximum Gasteiger partial charge on any atom is 0.276 e. The first-order chi connectivity index (χ1) is 10.0. The largest absolute Gasteiger partial charge is 0.384 e. The molecule has 6 heteroatoms. The van der Waals surface area contributed by atoms with Gasteiger partial charge in [0.05, 0.1) is 5.54 Å². The zero-order valence-electron chi connectivity index (χ0n) is 13.0. The molecule has 0 aliphatic carbocycles. The zero-order chi connectivity index (χ0) is 15.0. The fraction of sp³-hybridized carbons (Fsp3) is 0.733. The second-order valence-electron chi connectivity index (χ2n) is 6.44. The minimum Gasteiger partial charge on any atom is -0.384 e. The van der Waals surface area contributed by atoms with Crippen molar-refractivity contribution in [2.75, 3.05) is 40.4 Å². The van der Waals surface area contributed by atoms with Gasteiger partial charge in [-0.15, -0.1) is 0 Å². The van der Waals surface area contributed by atoms with Crippen molar-refractivity contribution in [1.82, 2.24) is 15.0 Å². The molecule has 2 fully saturated rings. The van der Waals surface area contributed by atoms with Crippen LogP contribution >= 0.6 is 0 Å². The molecule has 0 bridgehead atoms. The molecule has 1 aromatic heterocycles. The van der Waals surface area contributed by atoms with Crippen LogP contribution in [0.2, 0.25) is 0 Å². The van der Waals surface area contributed by atoms with E-state index in [1.165, 1.54) is 6.42 Å². The molecule has 21 heavy (non-hydrogen) atoms. The van der Waals surface area contributed by atoms with Gasteiger partial charge in [0.15, 0.2) is 5.69 Å². The number of rotatable bonds is 3. The number of likely N-dealkylation sites (tertiary alicyclic amines) is 2. The first-order valence-corrected chi connectivity index (χ1v) is 7.47. The van der Waals surface area contributed by atoms with Crippen molar-refractivity contribution < 1.29 is 14.1 Å². The molecule has 0 aromatic carbocycles. The molecular weight excluding hydrogens is 270 g/mol. The highest BCUT2D eigenvalue weighted by atomic mass is 16.5. The first-order valence-electron chi connectivity index (χ1n) is 7.47. The average Bonchev–Trinajstić information content (AvgIpc) is 2.85. The molecule has 2 aliphatic heterocycles. The summed E-state index contributed by atoms with van der Waals surface area (Å²) in [6.45, 7) is 5.22. The van der Waals surface area contributed by atoms with E-state index in [9.17, 15) is 4.79 Å². The number of ether oxygens (including phenoxy) is 1. The van der Waals surface area contributed by atoms with Gasteiger partial charge in [-0.2, -0.15) is 0 Å². The van der Waals surface area contributed by atoms with E-state index in [1.54, 1.807) is 20.1 Å². The van der Waals surface area contributed by atoms with Crippen LogP contribution in [0.3, 0.4) is 0 Å². The highest BCUT2D eigenvalue weighted by Gasteiger charge is 2.51. The van der Waals surface area contributed by atoms with Gasteiger partial charge in [0.2, 0.25) is 0 Å². The number of carbonyl (C=O) groups excluding carboxylic acids is 1. The van der Waals surface area contributed by atoms with E-state index in [1.807, 2.05) is 4.90 Å². The Morgan fingerprint density at radius 3 is 2.95 bits per heavy atom. The minimum absolute atomic E-state index is 0.0280. The monoisotopic (exact) mass is 293 g/mol. The summed E-state index contributed by atoms with van der Waals surface area (Å²) in [5.74, 6) is 1.24. The predicted octanol–water partition coefficient (Wildman–Crippen LogP) is 1.17. The standard InChI is InChI=1S/C15H23N3O3/c1-11-6-13(16-21-11)14(19)18-9-15(10-18)7-12(8-20-3)4-5-17(15)2/h6,12H,4-5,7-10H2,1-3H3/t12-/m1/s1. The lowest BCUT2D eigenvalue weighted by Gasteiger charge is -2.58. The van der Waals surface area contributed by atoms with Crippen LogP contribution in [0.25, 0.3) is 0 Å². The molecule has 1 aromatic rings. The lowest BCUT2D eigenvalue weighted by atomic mass is 9.75. The molecule has 0 saturated carbocycles. The lowest BCUT2D eigenvalue weighted by Crippen LogP contribution is -2.72. The molecule has 0 radical (unpaired) electrons. The molecule has 116 valence electrons. The van der Waals surface area contributed by atoms with Crippen molar-refractivity contribution in [3.8, 4) is 0 Å². The van der Waals surface area contributed by atoms with Crippen LogP contribution in [0.15, 0.2) is 10.6 Å². The third kappa shape index (κ3) is 2.58. The van der Waals surface area contributed by atoms with Crippen LogP contribution in [0.1, 0.15) is 29.1 Å². The third-order valence-electron chi connectivity index (χ3n) is 4.86. The number of piperidine rings is 1. The van der Waals surface area contributed by atoms with Crippen molar-refractivity contribution in [2.45, 2.75) is 25.3 Å². The van der Waals surface area contributed by atoms with E-state index < -0.39 is 0 Å². The molecule has 3 rings (SSSR count). The van der Waals surface area contributed by atoms with Crippen LogP contribution in [-0.2, 0) is 4.74 Å². The Morgan fingerprint density at radius 1 is 1.57 bits per heavy atom. The van der Waals surface area contributed by atoms with Crippen molar-refractivity contribution in [2.24, 2.45) is 5.92 Å². The van der Waals surface area contributed by atoms with E-state index in [0.29, 0.717) is 17.4 Å². The Kier molecular flexibility index (Phi) is 3.75. The summed E-state index contributed by atoms with van der Waals surface area (Å²) in [4.78, 5) is 16.6. The summed E-state index contributed by atoms with van der Waals surface area (Å²) in [6.07, 6.45) is 2.27. The Bertz CT molecular complexity index is 522. The van der Waals surface area contributed by atoms with Crippen LogP contribution in [0.4, 0.5) is 0 Å². The minimum atomic E-state index is -0.0280. The molecule has 1 atom stereocenters. The number of methoxy groups -OCH3 is 1. The molecule has 1 spiro atoms. The summed E-state index contributed by atoms with van der Waals surface area (Å²) >= 11 is 0. The molecule has 2 aliphatic rings. The Labute approximate surface area is 125 Å². The number of nitrogens with zero attached hydrogens (tertiary/aromatic N) is 3. The number of carbonyl (C=O) groups is 1. The Balaban J connectivity index is 1.64. The van der Waals surface area contributed by atoms with Crippen molar-refractivity contribution in [3.05, 3.63) is 17.5 Å². The normalized spacial score (nSPS) is 25.1. The fourth-order valence-corrected chi connectivity index (χ4v) is 3.59. The molecule has 1 amide bonds. The van der Waals surface area contributed by atoms with Gasteiger partial charge in [-0.3, -0.25) is 9.69 Å². The molecule has 0 N–H and O–H groups in total. The summed E-state index contributed by atoms with van der Waals surface area (Å²) < 4.78 is 10.3. The summed E-state index contributed by atoms with van der Waals surface area (Å²) in [7, 11) is 3.92. The number of likely N-dealkylation sites (N-methyl/N-ethyl adjacent to an activating group) is 1. The Hall–Kier alpha value is -1.40. The third-order valence-corrected chi connectivity index (χ3v) is 4.86. The molecule has 3 heterocycles. The topological polar surface area (TPSA) is 58.8 Å². The van der Waals surface area contributed by atoms with Crippen molar-refractivity contribution in [1.29, 1.82) is 0 Å². The van der Waals surface area contributed by atoms with E-state index in [2.05, 4.69) is 17.1 Å². The highest BCUT2D eigenvalue weighted by molar-refractivity contribution is 5.93. The van der Waals surface area contributed by atoms with E-state index in [0.717, 1.165) is 32.7 Å². The van der Waals surface area contributed by atoms with E-state index >= 15 is 0 Å². The van der Waals surface area contributed by atoms with Crippen LogP contribution < -0.4 is 0 Å². The smallest absolute Gasteiger partial charge is 0.276 e. The zero-order valence-corrected chi connectivity index (χ0v) is 13.0. The fourth-order valence-electron chi connectivity index (χ4n) is 3.59. The summed E-state index contributed by atoms with van der Waals surface area (Å²) in [5.41, 5.74) is 0.532. The maximum absolute atomic E-state index is 12.3. The maximum atomic E-state index is 12.3. The van der Waals surface area contributed by atoms with Crippen molar-refractivity contribution >= 4 is 5.91 Å². The average molecular weight is 293 g/mol. The number of hydrogen-bond donors (Lipinski definition) is 0. The SMILES string of the molecule is COC[C@@H]1CCN(C)C2(C1)CN(C(=O)c1cc(C)on1)C2. The highest BCUT2D eigenvalue weighted by Crippen LogP contribution is 2.38. The first kappa shape index (κ1) is 14.5. The van der Waals surface area contributed by atoms with Crippen LogP contribution in [0, 0.1) is 12.8 Å². The van der Waals surface area contributed by atoms with Gasteiger partial charge >= 0.3 is 0 Å². The number of hydrogen-bond acceptors (Lipinski definition) is 5. The van der Waals surface area contributed by atoms with Gasteiger partial charge in [0.25, 0.3) is 5.91 Å². The predicted molar refractivity (Wildman–Crippen MR) is 77.1 cm³/mol. The van der Waals surface area contributed by atoms with Gasteiger partial charge in [-0.05, 0) is 39.3 Å². The molecule has 6 nitrogen and oxygen atoms in total. The van der Waals surface area contributed by atoms with Gasteiger partial charge in [-0.1, -0.05) is 5.16 Å². The number of aromatic nitrogens is 1. The summed E-state index contributed by atoms with van der Waals surface area (Å²) in [6, 6.07) is 1.70. The quantitative estimate of drug-likeness (QED) is 0.837. The van der Waals surface area contributed by atoms with Gasteiger partial charge in [-0.25, -0.2) is 0 Å². The van der Waals surface area contributed by atoms with Gasteiger partial charge in [0.1, 0.15) is 5.76 Å². The lowest BCUT2D eigenvalue weighted by molar-refractivity contribution is -0.0733. The summed E-state index contributed by atoms with van der Waals surface area (Å²) in [5, 5.41) is 3.82. The number of aryl methyl sites for hydroxylation is 1. The molecular formula is C15H23N3O3. The van der Waals surface area contributed by atoms with E-state index in [-0.39, 0.29) is 11.4 Å². The number of amides is 1. The van der Waals surface area contributed by atoms with Crippen LogP contribution in [0.5, 0.6) is 0 Å². The van der Waals surface area contributed by atoms with Gasteiger partial charge in [0, 0.05) is 32.9 Å². The Morgan fingerprint density at radius 2 is 2.33 bits per heavy atom. The second kappa shape index (κ2) is 5.42.